The standard InChI is InChI=1S/C22H20F2N2O4.C3H9N/c1-2-15(12-6-8-14(9-7-12)22(23)24)25-17-18(21(30)20(17)29)26-16-5-3-4-13(10-11-27)19(16)28;1-4(2)3/h3-9,11,15,22,25-26,28H,2,10H2,1H3;1-3H3. The molecule has 0 heterocycles. The summed E-state index contributed by atoms with van der Waals surface area (Å²) in [6.45, 7) is 1.85. The van der Waals surface area contributed by atoms with Gasteiger partial charge in [-0.1, -0.05) is 43.3 Å². The van der Waals surface area contributed by atoms with Gasteiger partial charge in [0, 0.05) is 17.5 Å². The molecule has 0 aliphatic rings. The number of anilines is 3. The predicted octanol–water partition coefficient (Wildman–Crippen LogP) is 4.15. The Hall–Kier alpha value is -3.59. The third-order valence-corrected chi connectivity index (χ3v) is 4.91. The minimum atomic E-state index is -2.57. The van der Waals surface area contributed by atoms with Crippen LogP contribution in [0, 0.1) is 0 Å². The van der Waals surface area contributed by atoms with Crippen LogP contribution in [0.4, 0.5) is 25.8 Å². The maximum absolute atomic E-state index is 12.8. The van der Waals surface area contributed by atoms with E-state index in [2.05, 4.69) is 10.6 Å². The first-order chi connectivity index (χ1) is 16.1. The van der Waals surface area contributed by atoms with Crippen molar-refractivity contribution in [3.8, 4) is 5.75 Å². The van der Waals surface area contributed by atoms with Crippen LogP contribution in [0.25, 0.3) is 0 Å². The summed E-state index contributed by atoms with van der Waals surface area (Å²) in [5.74, 6) is -0.182. The van der Waals surface area contributed by atoms with E-state index in [1.807, 2.05) is 33.0 Å². The smallest absolute Gasteiger partial charge is 0.263 e. The van der Waals surface area contributed by atoms with E-state index in [0.717, 1.165) is 0 Å². The fourth-order valence-corrected chi connectivity index (χ4v) is 3.20. The number of aromatic hydroxyl groups is 1. The second-order valence-electron chi connectivity index (χ2n) is 8.13. The number of rotatable bonds is 9. The SMILES string of the molecule is CCC(Nc1c(Nc2cccc(CC=O)c2O)c(=O)c1=O)c1ccc(C(F)F)cc1.CN(C)C. The summed E-state index contributed by atoms with van der Waals surface area (Å²) in [5.41, 5.74) is -0.212. The number of phenolic OH excluding ortho intramolecular Hbond substituents is 1. The number of aldehydes is 1. The Balaban J connectivity index is 0.000000945. The molecule has 0 aliphatic heterocycles. The molecular weight excluding hydrogens is 444 g/mol. The van der Waals surface area contributed by atoms with E-state index >= 15 is 0 Å². The zero-order valence-corrected chi connectivity index (χ0v) is 19.6. The highest BCUT2D eigenvalue weighted by Crippen LogP contribution is 2.33. The van der Waals surface area contributed by atoms with Gasteiger partial charge in [-0.05, 0) is 39.2 Å². The second kappa shape index (κ2) is 12.0. The lowest BCUT2D eigenvalue weighted by Crippen LogP contribution is -2.37. The fraction of sp³-hybridized carbons (Fsp3) is 0.320. The molecule has 0 aromatic heterocycles. The van der Waals surface area contributed by atoms with Crippen LogP contribution in [0.5, 0.6) is 5.75 Å². The molecule has 3 rings (SSSR count). The Kier molecular flexibility index (Phi) is 9.44. The molecule has 1 unspecified atom stereocenters. The van der Waals surface area contributed by atoms with E-state index in [-0.39, 0.29) is 40.8 Å². The normalized spacial score (nSPS) is 11.8. The molecule has 9 heteroatoms. The van der Waals surface area contributed by atoms with Gasteiger partial charge in [0.25, 0.3) is 17.3 Å². The molecule has 34 heavy (non-hydrogen) atoms. The minimum absolute atomic E-state index is 0.00111. The van der Waals surface area contributed by atoms with Crippen LogP contribution < -0.4 is 21.5 Å². The Bertz CT molecular complexity index is 1170. The van der Waals surface area contributed by atoms with Gasteiger partial charge in [0.05, 0.1) is 11.7 Å². The summed E-state index contributed by atoms with van der Waals surface area (Å²) in [6.07, 6.45) is -1.38. The first-order valence-electron chi connectivity index (χ1n) is 10.7. The molecule has 0 bridgehead atoms. The van der Waals surface area contributed by atoms with Crippen molar-refractivity contribution in [2.45, 2.75) is 32.2 Å². The van der Waals surface area contributed by atoms with Crippen molar-refractivity contribution in [1.82, 2.24) is 4.90 Å². The van der Waals surface area contributed by atoms with Gasteiger partial charge in [0.2, 0.25) is 0 Å². The topological polar surface area (TPSA) is 98.7 Å². The summed E-state index contributed by atoms with van der Waals surface area (Å²) in [5, 5.41) is 16.0. The van der Waals surface area contributed by atoms with Gasteiger partial charge in [-0.15, -0.1) is 0 Å². The third-order valence-electron chi connectivity index (χ3n) is 4.91. The molecule has 7 nitrogen and oxygen atoms in total. The molecule has 0 spiro atoms. The van der Waals surface area contributed by atoms with Gasteiger partial charge in [-0.2, -0.15) is 0 Å². The van der Waals surface area contributed by atoms with E-state index in [9.17, 15) is 28.3 Å². The average Bonchev–Trinajstić information content (AvgIpc) is 2.80. The van der Waals surface area contributed by atoms with E-state index in [0.29, 0.717) is 23.8 Å². The van der Waals surface area contributed by atoms with Gasteiger partial charge in [-0.25, -0.2) is 8.78 Å². The Labute approximate surface area is 196 Å². The highest BCUT2D eigenvalue weighted by molar-refractivity contribution is 5.81. The van der Waals surface area contributed by atoms with E-state index in [1.165, 1.54) is 18.2 Å². The highest BCUT2D eigenvalue weighted by Gasteiger charge is 2.25. The summed E-state index contributed by atoms with van der Waals surface area (Å²) in [6, 6.07) is 10.1. The molecule has 3 aromatic carbocycles. The van der Waals surface area contributed by atoms with Crippen LogP contribution in [-0.2, 0) is 11.2 Å². The van der Waals surface area contributed by atoms with Gasteiger partial charge in [0.1, 0.15) is 23.4 Å². The number of carbonyl (C=O) groups excluding carboxylic acids is 1. The first kappa shape index (κ1) is 26.7. The number of hydrogen-bond acceptors (Lipinski definition) is 7. The quantitative estimate of drug-likeness (QED) is 0.244. The van der Waals surface area contributed by atoms with E-state index in [1.54, 1.807) is 24.3 Å². The number of para-hydroxylation sites is 1. The molecule has 1 atom stereocenters. The second-order valence-corrected chi connectivity index (χ2v) is 8.13. The minimum Gasteiger partial charge on any atom is -0.505 e. The molecule has 0 aliphatic carbocycles. The number of alkyl halides is 2. The van der Waals surface area contributed by atoms with Crippen molar-refractivity contribution in [3.63, 3.8) is 0 Å². The van der Waals surface area contributed by atoms with Gasteiger partial charge >= 0.3 is 0 Å². The molecule has 0 amide bonds. The summed E-state index contributed by atoms with van der Waals surface area (Å²) < 4.78 is 25.5. The Morgan fingerprint density at radius 3 is 2.06 bits per heavy atom. The van der Waals surface area contributed by atoms with E-state index < -0.39 is 17.3 Å². The number of nitrogens with one attached hydrogen (secondary N) is 2. The number of carbonyl (C=O) groups is 1. The molecule has 182 valence electrons. The molecule has 3 N–H and O–H groups in total. The monoisotopic (exact) mass is 473 g/mol. The molecule has 0 fully saturated rings. The van der Waals surface area contributed by atoms with Crippen LogP contribution in [0.3, 0.4) is 0 Å². The lowest BCUT2D eigenvalue weighted by atomic mass is 10.0. The average molecular weight is 474 g/mol. The van der Waals surface area contributed by atoms with Crippen molar-refractivity contribution in [2.24, 2.45) is 0 Å². The maximum Gasteiger partial charge on any atom is 0.263 e. The van der Waals surface area contributed by atoms with Crippen LogP contribution in [0.1, 0.15) is 42.5 Å². The number of nitrogens with zero attached hydrogens (tertiary/aromatic N) is 1. The molecule has 3 aromatic rings. The van der Waals surface area contributed by atoms with Crippen molar-refractivity contribution >= 4 is 23.3 Å². The largest absolute Gasteiger partial charge is 0.505 e. The predicted molar refractivity (Wildman–Crippen MR) is 130 cm³/mol. The van der Waals surface area contributed by atoms with Crippen molar-refractivity contribution in [3.05, 3.63) is 79.6 Å². The third kappa shape index (κ3) is 6.48. The molecule has 0 saturated heterocycles. The molecule has 0 radical (unpaired) electrons. The van der Waals surface area contributed by atoms with E-state index in [4.69, 9.17) is 0 Å². The van der Waals surface area contributed by atoms with Gasteiger partial charge in [-0.3, -0.25) is 9.59 Å². The van der Waals surface area contributed by atoms with Crippen LogP contribution in [0.2, 0.25) is 0 Å². The Morgan fingerprint density at radius 1 is 0.971 bits per heavy atom. The van der Waals surface area contributed by atoms with Crippen molar-refractivity contribution < 1.29 is 18.7 Å². The first-order valence-corrected chi connectivity index (χ1v) is 10.7. The fourth-order valence-electron chi connectivity index (χ4n) is 3.20. The lowest BCUT2D eigenvalue weighted by molar-refractivity contribution is -0.107. The summed E-state index contributed by atoms with van der Waals surface area (Å²) >= 11 is 0. The lowest BCUT2D eigenvalue weighted by Gasteiger charge is -2.22. The van der Waals surface area contributed by atoms with Crippen LogP contribution in [0.15, 0.2) is 52.1 Å². The van der Waals surface area contributed by atoms with Crippen LogP contribution in [-0.4, -0.2) is 37.4 Å². The van der Waals surface area contributed by atoms with Gasteiger partial charge < -0.3 is 25.4 Å². The maximum atomic E-state index is 12.8. The van der Waals surface area contributed by atoms with Crippen molar-refractivity contribution in [2.75, 3.05) is 31.8 Å². The molecule has 0 saturated carbocycles. The van der Waals surface area contributed by atoms with Crippen molar-refractivity contribution in [1.29, 1.82) is 0 Å². The van der Waals surface area contributed by atoms with Gasteiger partial charge in [0.15, 0.2) is 0 Å². The number of hydrogen-bond donors (Lipinski definition) is 3. The zero-order valence-electron chi connectivity index (χ0n) is 19.6. The highest BCUT2D eigenvalue weighted by atomic mass is 19.3. The number of halogens is 2. The summed E-state index contributed by atoms with van der Waals surface area (Å²) in [7, 11) is 6.00. The molecular formula is C25H29F2N3O4. The summed E-state index contributed by atoms with van der Waals surface area (Å²) in [4.78, 5) is 36.9. The Morgan fingerprint density at radius 2 is 1.53 bits per heavy atom. The van der Waals surface area contributed by atoms with Crippen LogP contribution >= 0.6 is 0 Å². The zero-order chi connectivity index (χ0) is 25.4. The number of phenols is 1. The number of benzene rings is 2.